The Morgan fingerprint density at radius 2 is 2.29 bits per heavy atom. The fourth-order valence-corrected chi connectivity index (χ4v) is 5.06. The summed E-state index contributed by atoms with van der Waals surface area (Å²) in [4.78, 5) is 1.09. The maximum atomic E-state index is 12.4. The highest BCUT2D eigenvalue weighted by molar-refractivity contribution is 7.91. The standard InChI is InChI=1S/C14H24N2O3S2/c1-3-15-8-6-13-4-5-14(20-13)21(17,18)16-11(2)12-7-9-19-10-12/h4-5,11-12,15-16H,3,6-10H2,1-2H3. The first-order valence-electron chi connectivity index (χ1n) is 7.42. The van der Waals surface area contributed by atoms with Crippen LogP contribution < -0.4 is 10.0 Å². The van der Waals surface area contributed by atoms with E-state index in [1.807, 2.05) is 13.0 Å². The van der Waals surface area contributed by atoms with E-state index in [1.54, 1.807) is 6.07 Å². The molecule has 1 aliphatic rings. The number of hydrogen-bond acceptors (Lipinski definition) is 5. The van der Waals surface area contributed by atoms with Crippen LogP contribution in [-0.4, -0.2) is 40.8 Å². The van der Waals surface area contributed by atoms with Crippen molar-refractivity contribution >= 4 is 21.4 Å². The van der Waals surface area contributed by atoms with Gasteiger partial charge in [-0.15, -0.1) is 11.3 Å². The Kier molecular flexibility index (Phi) is 6.19. The van der Waals surface area contributed by atoms with Crippen molar-refractivity contribution in [3.8, 4) is 0 Å². The van der Waals surface area contributed by atoms with E-state index in [2.05, 4.69) is 17.0 Å². The van der Waals surface area contributed by atoms with E-state index >= 15 is 0 Å². The zero-order valence-electron chi connectivity index (χ0n) is 12.6. The van der Waals surface area contributed by atoms with E-state index < -0.39 is 10.0 Å². The van der Waals surface area contributed by atoms with Gasteiger partial charge in [0.05, 0.1) is 6.61 Å². The summed E-state index contributed by atoms with van der Waals surface area (Å²) in [6.07, 6.45) is 1.78. The molecule has 1 aromatic rings. The van der Waals surface area contributed by atoms with Gasteiger partial charge < -0.3 is 10.1 Å². The number of ether oxygens (including phenoxy) is 1. The molecule has 5 nitrogen and oxygen atoms in total. The minimum Gasteiger partial charge on any atom is -0.381 e. The Bertz CT molecular complexity index is 536. The molecule has 120 valence electrons. The maximum Gasteiger partial charge on any atom is 0.250 e. The third kappa shape index (κ3) is 4.75. The van der Waals surface area contributed by atoms with Crippen molar-refractivity contribution in [3.63, 3.8) is 0 Å². The van der Waals surface area contributed by atoms with Gasteiger partial charge in [-0.25, -0.2) is 13.1 Å². The van der Waals surface area contributed by atoms with Crippen molar-refractivity contribution in [1.82, 2.24) is 10.0 Å². The third-order valence-electron chi connectivity index (χ3n) is 3.71. The minimum absolute atomic E-state index is 0.0928. The van der Waals surface area contributed by atoms with Gasteiger partial charge in [0.1, 0.15) is 4.21 Å². The Labute approximate surface area is 131 Å². The topological polar surface area (TPSA) is 67.4 Å². The van der Waals surface area contributed by atoms with Crippen molar-refractivity contribution in [2.24, 2.45) is 5.92 Å². The zero-order chi connectivity index (χ0) is 15.3. The predicted octanol–water partition coefficient (Wildman–Crippen LogP) is 1.60. The average molecular weight is 332 g/mol. The summed E-state index contributed by atoms with van der Waals surface area (Å²) in [5, 5.41) is 3.24. The first kappa shape index (κ1) is 16.9. The number of thiophene rings is 1. The lowest BCUT2D eigenvalue weighted by atomic mass is 10.0. The molecule has 0 bridgehead atoms. The highest BCUT2D eigenvalue weighted by Crippen LogP contribution is 2.24. The smallest absolute Gasteiger partial charge is 0.250 e. The molecule has 1 saturated heterocycles. The molecule has 2 atom stereocenters. The fraction of sp³-hybridized carbons (Fsp3) is 0.714. The molecule has 21 heavy (non-hydrogen) atoms. The summed E-state index contributed by atoms with van der Waals surface area (Å²) < 4.78 is 33.3. The van der Waals surface area contributed by atoms with Crippen molar-refractivity contribution in [2.45, 2.75) is 36.9 Å². The molecule has 7 heteroatoms. The van der Waals surface area contributed by atoms with E-state index in [1.165, 1.54) is 11.3 Å². The molecule has 0 radical (unpaired) electrons. The van der Waals surface area contributed by atoms with Gasteiger partial charge in [0, 0.05) is 23.4 Å². The van der Waals surface area contributed by atoms with Crippen molar-refractivity contribution in [2.75, 3.05) is 26.3 Å². The van der Waals surface area contributed by atoms with Crippen LogP contribution in [0.25, 0.3) is 0 Å². The van der Waals surface area contributed by atoms with Crippen LogP contribution in [0.4, 0.5) is 0 Å². The van der Waals surface area contributed by atoms with E-state index in [4.69, 9.17) is 4.74 Å². The van der Waals surface area contributed by atoms with Gasteiger partial charge in [0.25, 0.3) is 0 Å². The molecule has 1 aromatic heterocycles. The molecule has 0 aromatic carbocycles. The maximum absolute atomic E-state index is 12.4. The quantitative estimate of drug-likeness (QED) is 0.710. The van der Waals surface area contributed by atoms with Gasteiger partial charge in [-0.1, -0.05) is 6.92 Å². The van der Waals surface area contributed by atoms with Crippen LogP contribution >= 0.6 is 11.3 Å². The SMILES string of the molecule is CCNCCc1ccc(S(=O)(=O)NC(C)C2CCOC2)s1. The lowest BCUT2D eigenvalue weighted by Crippen LogP contribution is -2.38. The molecular weight excluding hydrogens is 308 g/mol. The van der Waals surface area contributed by atoms with E-state index in [-0.39, 0.29) is 12.0 Å². The molecular formula is C14H24N2O3S2. The summed E-state index contributed by atoms with van der Waals surface area (Å²) in [5.74, 6) is 0.271. The van der Waals surface area contributed by atoms with Crippen LogP contribution in [0.3, 0.4) is 0 Å². The first-order valence-corrected chi connectivity index (χ1v) is 9.72. The van der Waals surface area contributed by atoms with Crippen LogP contribution in [0, 0.1) is 5.92 Å². The van der Waals surface area contributed by atoms with Crippen molar-refractivity contribution in [3.05, 3.63) is 17.0 Å². The number of sulfonamides is 1. The van der Waals surface area contributed by atoms with Crippen LogP contribution in [0.5, 0.6) is 0 Å². The molecule has 0 saturated carbocycles. The monoisotopic (exact) mass is 332 g/mol. The Morgan fingerprint density at radius 1 is 1.48 bits per heavy atom. The van der Waals surface area contributed by atoms with Gasteiger partial charge in [0.15, 0.2) is 0 Å². The summed E-state index contributed by atoms with van der Waals surface area (Å²) >= 11 is 1.35. The number of rotatable bonds is 8. The minimum atomic E-state index is -3.41. The van der Waals surface area contributed by atoms with E-state index in [0.29, 0.717) is 10.8 Å². The molecule has 0 spiro atoms. The van der Waals surface area contributed by atoms with E-state index in [0.717, 1.165) is 37.4 Å². The highest BCUT2D eigenvalue weighted by Gasteiger charge is 2.27. The Hall–Kier alpha value is -0.470. The van der Waals surface area contributed by atoms with Gasteiger partial charge in [-0.3, -0.25) is 0 Å². The first-order chi connectivity index (χ1) is 10.0. The van der Waals surface area contributed by atoms with Gasteiger partial charge in [-0.05, 0) is 45.0 Å². The van der Waals surface area contributed by atoms with E-state index in [9.17, 15) is 8.42 Å². The molecule has 2 heterocycles. The fourth-order valence-electron chi connectivity index (χ4n) is 2.37. The summed E-state index contributed by atoms with van der Waals surface area (Å²) in [6.45, 7) is 7.14. The van der Waals surface area contributed by atoms with Crippen molar-refractivity contribution < 1.29 is 13.2 Å². The van der Waals surface area contributed by atoms with Gasteiger partial charge in [-0.2, -0.15) is 0 Å². The molecule has 1 aliphatic heterocycles. The van der Waals surface area contributed by atoms with Gasteiger partial charge >= 0.3 is 0 Å². The Balaban J connectivity index is 1.95. The van der Waals surface area contributed by atoms with Crippen molar-refractivity contribution in [1.29, 1.82) is 0 Å². The number of nitrogens with one attached hydrogen (secondary N) is 2. The molecule has 2 N–H and O–H groups in total. The second-order valence-electron chi connectivity index (χ2n) is 5.36. The van der Waals surface area contributed by atoms with Crippen LogP contribution in [-0.2, 0) is 21.2 Å². The second-order valence-corrected chi connectivity index (χ2v) is 8.47. The van der Waals surface area contributed by atoms with Crippen LogP contribution in [0.1, 0.15) is 25.1 Å². The highest BCUT2D eigenvalue weighted by atomic mass is 32.2. The molecule has 1 fully saturated rings. The zero-order valence-corrected chi connectivity index (χ0v) is 14.2. The summed E-state index contributed by atoms with van der Waals surface area (Å²) in [7, 11) is -3.41. The average Bonchev–Trinajstić information content (AvgIpc) is 3.10. The number of hydrogen-bond donors (Lipinski definition) is 2. The largest absolute Gasteiger partial charge is 0.381 e. The molecule has 2 unspecified atom stereocenters. The molecule has 2 rings (SSSR count). The number of likely N-dealkylation sites (N-methyl/N-ethyl adjacent to an activating group) is 1. The van der Waals surface area contributed by atoms with Crippen LogP contribution in [0.2, 0.25) is 0 Å². The lowest BCUT2D eigenvalue weighted by Gasteiger charge is -2.18. The third-order valence-corrected chi connectivity index (χ3v) is 6.91. The summed E-state index contributed by atoms with van der Waals surface area (Å²) in [6, 6.07) is 3.51. The predicted molar refractivity (Wildman–Crippen MR) is 85.3 cm³/mol. The lowest BCUT2D eigenvalue weighted by molar-refractivity contribution is 0.180. The second kappa shape index (κ2) is 7.69. The summed E-state index contributed by atoms with van der Waals surface area (Å²) in [5.41, 5.74) is 0. The van der Waals surface area contributed by atoms with Gasteiger partial charge in [0.2, 0.25) is 10.0 Å². The normalized spacial score (nSPS) is 20.8. The molecule has 0 amide bonds. The van der Waals surface area contributed by atoms with Crippen LogP contribution in [0.15, 0.2) is 16.3 Å². The Morgan fingerprint density at radius 3 is 2.95 bits per heavy atom. The molecule has 0 aliphatic carbocycles.